The summed E-state index contributed by atoms with van der Waals surface area (Å²) < 4.78 is 11.4. The van der Waals surface area contributed by atoms with E-state index in [0.717, 1.165) is 22.6 Å². The molecule has 0 heterocycles. The van der Waals surface area contributed by atoms with Crippen molar-refractivity contribution in [1.82, 2.24) is 0 Å². The van der Waals surface area contributed by atoms with Gasteiger partial charge in [0.25, 0.3) is 0 Å². The first-order valence-corrected chi connectivity index (χ1v) is 7.22. The molecule has 2 heteroatoms. The summed E-state index contributed by atoms with van der Waals surface area (Å²) in [6.45, 7) is 9.46. The van der Waals surface area contributed by atoms with Crippen molar-refractivity contribution in [3.63, 3.8) is 0 Å². The van der Waals surface area contributed by atoms with Crippen LogP contribution in [0.5, 0.6) is 11.5 Å². The third-order valence-electron chi connectivity index (χ3n) is 3.27. The fraction of sp³-hybridized carbons (Fsp3) is 0.263. The van der Waals surface area contributed by atoms with Gasteiger partial charge in [0, 0.05) is 0 Å². The van der Waals surface area contributed by atoms with Crippen LogP contribution in [-0.2, 0) is 11.3 Å². The number of benzene rings is 2. The topological polar surface area (TPSA) is 18.5 Å². The highest BCUT2D eigenvalue weighted by molar-refractivity contribution is 5.32. The monoisotopic (exact) mass is 282 g/mol. The van der Waals surface area contributed by atoms with Crippen molar-refractivity contribution in [2.45, 2.75) is 20.5 Å². The first-order valence-electron chi connectivity index (χ1n) is 7.22. The van der Waals surface area contributed by atoms with Crippen molar-refractivity contribution in [2.24, 2.45) is 5.92 Å². The fourth-order valence-corrected chi connectivity index (χ4v) is 1.74. The van der Waals surface area contributed by atoms with Crippen molar-refractivity contribution < 1.29 is 9.47 Å². The van der Waals surface area contributed by atoms with Gasteiger partial charge in [-0.3, -0.25) is 0 Å². The number of para-hydroxylation sites is 1. The second-order valence-corrected chi connectivity index (χ2v) is 5.36. The minimum absolute atomic E-state index is 0.464. The van der Waals surface area contributed by atoms with Gasteiger partial charge < -0.3 is 9.47 Å². The standard InChI is InChI=1S/C19H22O2/c1-15(2)16(3)13-20-14-17-9-11-19(12-10-17)21-18-7-5-4-6-8-18/h4-12,15H,3,13-14H2,1-2H3. The first-order chi connectivity index (χ1) is 10.1. The van der Waals surface area contributed by atoms with Crippen molar-refractivity contribution in [3.8, 4) is 11.5 Å². The van der Waals surface area contributed by atoms with Crippen molar-refractivity contribution in [2.75, 3.05) is 6.61 Å². The van der Waals surface area contributed by atoms with E-state index < -0.39 is 0 Å². The van der Waals surface area contributed by atoms with E-state index in [0.29, 0.717) is 19.1 Å². The summed E-state index contributed by atoms with van der Waals surface area (Å²) in [7, 11) is 0. The summed E-state index contributed by atoms with van der Waals surface area (Å²) in [5.41, 5.74) is 2.26. The molecular weight excluding hydrogens is 260 g/mol. The fourth-order valence-electron chi connectivity index (χ4n) is 1.74. The van der Waals surface area contributed by atoms with Gasteiger partial charge >= 0.3 is 0 Å². The Morgan fingerprint density at radius 1 is 0.952 bits per heavy atom. The second-order valence-electron chi connectivity index (χ2n) is 5.36. The van der Waals surface area contributed by atoms with Crippen LogP contribution in [0.1, 0.15) is 19.4 Å². The van der Waals surface area contributed by atoms with Gasteiger partial charge in [-0.15, -0.1) is 0 Å². The molecule has 0 fully saturated rings. The zero-order valence-electron chi connectivity index (χ0n) is 12.7. The molecule has 0 saturated heterocycles. The van der Waals surface area contributed by atoms with E-state index in [1.807, 2.05) is 54.6 Å². The Hall–Kier alpha value is -2.06. The van der Waals surface area contributed by atoms with Gasteiger partial charge in [0.05, 0.1) is 13.2 Å². The average molecular weight is 282 g/mol. The van der Waals surface area contributed by atoms with Crippen molar-refractivity contribution in [3.05, 3.63) is 72.3 Å². The first kappa shape index (κ1) is 15.3. The summed E-state index contributed by atoms with van der Waals surface area (Å²) in [4.78, 5) is 0. The average Bonchev–Trinajstić information content (AvgIpc) is 2.50. The highest BCUT2D eigenvalue weighted by Gasteiger charge is 2.01. The largest absolute Gasteiger partial charge is 0.457 e. The predicted octanol–water partition coefficient (Wildman–Crippen LogP) is 5.21. The van der Waals surface area contributed by atoms with Crippen molar-refractivity contribution >= 4 is 0 Å². The smallest absolute Gasteiger partial charge is 0.127 e. The Morgan fingerprint density at radius 3 is 2.19 bits per heavy atom. The maximum Gasteiger partial charge on any atom is 0.127 e. The SMILES string of the molecule is C=C(COCc1ccc(Oc2ccccc2)cc1)C(C)C. The van der Waals surface area contributed by atoms with Crippen LogP contribution in [0.3, 0.4) is 0 Å². The number of ether oxygens (including phenoxy) is 2. The van der Waals surface area contributed by atoms with Crippen LogP contribution in [-0.4, -0.2) is 6.61 Å². The Bertz CT molecular complexity index is 556. The van der Waals surface area contributed by atoms with Gasteiger partial charge in [0.15, 0.2) is 0 Å². The summed E-state index contributed by atoms with van der Waals surface area (Å²) in [6, 6.07) is 17.7. The zero-order chi connectivity index (χ0) is 15.1. The lowest BCUT2D eigenvalue weighted by Gasteiger charge is -2.10. The highest BCUT2D eigenvalue weighted by Crippen LogP contribution is 2.21. The van der Waals surface area contributed by atoms with Crippen LogP contribution in [0.2, 0.25) is 0 Å². The number of rotatable bonds is 7. The van der Waals surface area contributed by atoms with Gasteiger partial charge in [0.2, 0.25) is 0 Å². The molecule has 0 spiro atoms. The lowest BCUT2D eigenvalue weighted by Crippen LogP contribution is -2.02. The third kappa shape index (κ3) is 5.09. The molecule has 0 atom stereocenters. The second kappa shape index (κ2) is 7.65. The molecule has 0 bridgehead atoms. The molecule has 0 saturated carbocycles. The zero-order valence-corrected chi connectivity index (χ0v) is 12.7. The summed E-state index contributed by atoms with van der Waals surface area (Å²) in [6.07, 6.45) is 0. The van der Waals surface area contributed by atoms with E-state index in [-0.39, 0.29) is 0 Å². The summed E-state index contributed by atoms with van der Waals surface area (Å²) in [5, 5.41) is 0. The van der Waals surface area contributed by atoms with E-state index >= 15 is 0 Å². The minimum atomic E-state index is 0.464. The van der Waals surface area contributed by atoms with E-state index in [4.69, 9.17) is 9.47 Å². The normalized spacial score (nSPS) is 10.6. The Labute approximate surface area is 127 Å². The van der Waals surface area contributed by atoms with Crippen LogP contribution in [0.15, 0.2) is 66.7 Å². The lowest BCUT2D eigenvalue weighted by molar-refractivity contribution is 0.138. The molecule has 0 aliphatic heterocycles. The van der Waals surface area contributed by atoms with Crippen LogP contribution < -0.4 is 4.74 Å². The van der Waals surface area contributed by atoms with E-state index in [2.05, 4.69) is 20.4 Å². The maximum absolute atomic E-state index is 5.75. The lowest BCUT2D eigenvalue weighted by atomic mass is 10.1. The molecule has 0 N–H and O–H groups in total. The molecule has 0 unspecified atom stereocenters. The van der Waals surface area contributed by atoms with Gasteiger partial charge in [-0.05, 0) is 41.3 Å². The third-order valence-corrected chi connectivity index (χ3v) is 3.27. The minimum Gasteiger partial charge on any atom is -0.457 e. The molecule has 2 nitrogen and oxygen atoms in total. The molecular formula is C19H22O2. The quantitative estimate of drug-likeness (QED) is 0.649. The number of hydrogen-bond donors (Lipinski definition) is 0. The summed E-state index contributed by atoms with van der Waals surface area (Å²) in [5.74, 6) is 2.14. The van der Waals surface area contributed by atoms with Crippen LogP contribution in [0.25, 0.3) is 0 Å². The van der Waals surface area contributed by atoms with Gasteiger partial charge in [-0.25, -0.2) is 0 Å². The molecule has 2 rings (SSSR count). The molecule has 0 amide bonds. The van der Waals surface area contributed by atoms with Gasteiger partial charge in [-0.2, -0.15) is 0 Å². The molecule has 0 radical (unpaired) electrons. The van der Waals surface area contributed by atoms with Gasteiger partial charge in [0.1, 0.15) is 11.5 Å². The maximum atomic E-state index is 5.75. The van der Waals surface area contributed by atoms with E-state index in [9.17, 15) is 0 Å². The van der Waals surface area contributed by atoms with Gasteiger partial charge in [-0.1, -0.05) is 50.8 Å². The van der Waals surface area contributed by atoms with Crippen LogP contribution in [0, 0.1) is 5.92 Å². The number of hydrogen-bond acceptors (Lipinski definition) is 2. The van der Waals surface area contributed by atoms with E-state index in [1.54, 1.807) is 0 Å². The molecule has 2 aromatic carbocycles. The van der Waals surface area contributed by atoms with Crippen LogP contribution >= 0.6 is 0 Å². The highest BCUT2D eigenvalue weighted by atomic mass is 16.5. The molecule has 0 aliphatic carbocycles. The molecule has 110 valence electrons. The Morgan fingerprint density at radius 2 is 1.57 bits per heavy atom. The molecule has 0 aliphatic rings. The summed E-state index contributed by atoms with van der Waals surface area (Å²) >= 11 is 0. The molecule has 2 aromatic rings. The van der Waals surface area contributed by atoms with Crippen molar-refractivity contribution in [1.29, 1.82) is 0 Å². The van der Waals surface area contributed by atoms with E-state index in [1.165, 1.54) is 0 Å². The predicted molar refractivity (Wildman–Crippen MR) is 86.6 cm³/mol. The molecule has 21 heavy (non-hydrogen) atoms. The van der Waals surface area contributed by atoms with Crippen LogP contribution in [0.4, 0.5) is 0 Å². The Balaban J connectivity index is 1.83. The molecule has 0 aromatic heterocycles. The Kier molecular flexibility index (Phi) is 5.59.